The molecule has 0 N–H and O–H groups in total. The van der Waals surface area contributed by atoms with Gasteiger partial charge in [-0.3, -0.25) is 9.69 Å². The van der Waals surface area contributed by atoms with Crippen molar-refractivity contribution in [1.29, 1.82) is 0 Å². The Balaban J connectivity index is 0.935. The molecule has 262 valence electrons. The van der Waals surface area contributed by atoms with Crippen molar-refractivity contribution in [1.82, 2.24) is 14.8 Å². The second-order valence-electron chi connectivity index (χ2n) is 12.3. The molecule has 0 atom stereocenters. The summed E-state index contributed by atoms with van der Waals surface area (Å²) >= 11 is 12.8. The second-order valence-corrected chi connectivity index (χ2v) is 13.1. The van der Waals surface area contributed by atoms with E-state index in [1.54, 1.807) is 48.7 Å². The summed E-state index contributed by atoms with van der Waals surface area (Å²) in [7, 11) is 0. The van der Waals surface area contributed by atoms with E-state index in [0.717, 1.165) is 42.7 Å². The third-order valence-electron chi connectivity index (χ3n) is 8.52. The molecule has 1 amide bonds. The summed E-state index contributed by atoms with van der Waals surface area (Å²) in [6.45, 7) is 6.50. The van der Waals surface area contributed by atoms with Crippen molar-refractivity contribution in [2.45, 2.75) is 26.5 Å². The summed E-state index contributed by atoms with van der Waals surface area (Å²) in [5, 5.41) is 1.07. The Kier molecular flexibility index (Phi) is 12.2. The van der Waals surface area contributed by atoms with Gasteiger partial charge in [0.2, 0.25) is 11.8 Å². The molecule has 1 aliphatic heterocycles. The summed E-state index contributed by atoms with van der Waals surface area (Å²) < 4.78 is 30.6. The van der Waals surface area contributed by atoms with Crippen LogP contribution < -0.4 is 14.2 Å². The van der Waals surface area contributed by atoms with Crippen LogP contribution in [0.2, 0.25) is 10.0 Å². The fraction of sp³-hybridized carbons (Fsp3) is 0.220. The van der Waals surface area contributed by atoms with Crippen molar-refractivity contribution in [3.63, 3.8) is 0 Å². The third kappa shape index (κ3) is 10.3. The number of benzene rings is 4. The fourth-order valence-electron chi connectivity index (χ4n) is 5.66. The first-order valence-corrected chi connectivity index (χ1v) is 17.5. The molecule has 0 aliphatic carbocycles. The van der Waals surface area contributed by atoms with Crippen LogP contribution in [0.3, 0.4) is 0 Å². The predicted octanol–water partition coefficient (Wildman–Crippen LogP) is 9.19. The lowest BCUT2D eigenvalue weighted by Gasteiger charge is -2.34. The van der Waals surface area contributed by atoms with E-state index in [1.807, 2.05) is 42.2 Å². The summed E-state index contributed by atoms with van der Waals surface area (Å²) in [6, 6.07) is 29.3. The lowest BCUT2D eigenvalue weighted by Crippen LogP contribution is -2.47. The summed E-state index contributed by atoms with van der Waals surface area (Å²) in [4.78, 5) is 21.6. The van der Waals surface area contributed by atoms with E-state index in [4.69, 9.17) is 37.4 Å². The zero-order valence-electron chi connectivity index (χ0n) is 28.2. The Morgan fingerprint density at radius 3 is 2.27 bits per heavy atom. The molecule has 1 aliphatic rings. The summed E-state index contributed by atoms with van der Waals surface area (Å²) in [5.74, 6) is 1.83. The van der Waals surface area contributed by atoms with Crippen molar-refractivity contribution >= 4 is 35.2 Å². The highest BCUT2D eigenvalue weighted by molar-refractivity contribution is 6.32. The van der Waals surface area contributed by atoms with Crippen LogP contribution in [-0.4, -0.2) is 53.5 Å². The lowest BCUT2D eigenvalue weighted by atomic mass is 10.1. The van der Waals surface area contributed by atoms with E-state index in [0.29, 0.717) is 59.5 Å². The van der Waals surface area contributed by atoms with E-state index < -0.39 is 0 Å². The molecule has 1 saturated heterocycles. The normalized spacial score (nSPS) is 13.4. The van der Waals surface area contributed by atoms with Crippen LogP contribution in [0.4, 0.5) is 4.39 Å². The number of nitrogens with zero attached hydrogens (tertiary/aromatic N) is 3. The van der Waals surface area contributed by atoms with Crippen LogP contribution in [-0.2, 0) is 24.4 Å². The fourth-order valence-corrected chi connectivity index (χ4v) is 6.17. The number of carbonyl (C=O) groups is 1. The molecule has 0 unspecified atom stereocenters. The molecule has 1 aromatic heterocycles. The van der Waals surface area contributed by atoms with Gasteiger partial charge >= 0.3 is 0 Å². The van der Waals surface area contributed by atoms with Gasteiger partial charge in [-0.1, -0.05) is 65.7 Å². The number of halogens is 3. The minimum atomic E-state index is -0.274. The maximum Gasteiger partial charge on any atom is 0.246 e. The SMILES string of the molecule is Cc1cc(/C=C/C(=O)N2CCN(Cc3ccc(CCOc4ccc(F)cc4)cc3)CC2)cc(Cl)c1Oc1ccc(OCc2ccccc2Cl)cn1. The molecule has 5 aromatic rings. The summed E-state index contributed by atoms with van der Waals surface area (Å²) in [5.41, 5.74) is 4.91. The van der Waals surface area contributed by atoms with Crippen molar-refractivity contribution in [3.8, 4) is 23.1 Å². The second kappa shape index (κ2) is 17.4. The minimum Gasteiger partial charge on any atom is -0.493 e. The lowest BCUT2D eigenvalue weighted by molar-refractivity contribution is -0.127. The van der Waals surface area contributed by atoms with Gasteiger partial charge in [0.15, 0.2) is 5.75 Å². The van der Waals surface area contributed by atoms with Gasteiger partial charge in [-0.2, -0.15) is 0 Å². The van der Waals surface area contributed by atoms with Gasteiger partial charge in [0, 0.05) is 61.9 Å². The molecule has 10 heteroatoms. The van der Waals surface area contributed by atoms with Gasteiger partial charge in [-0.05, 0) is 83.8 Å². The standard InChI is InChI=1S/C41H38Cl2FN3O4/c1-29-24-32(25-38(43)41(29)51-39-16-15-36(26-45-39)50-28-33-4-2-3-5-37(33)42)10-17-40(48)47-21-19-46(20-22-47)27-31-8-6-30(7-9-31)18-23-49-35-13-11-34(44)12-14-35/h2-17,24-26H,18-23,27-28H2,1H3/b17-10+. The highest BCUT2D eigenvalue weighted by Crippen LogP contribution is 2.34. The zero-order valence-corrected chi connectivity index (χ0v) is 29.7. The molecule has 0 radical (unpaired) electrons. The number of aromatic nitrogens is 1. The molecule has 7 nitrogen and oxygen atoms in total. The smallest absolute Gasteiger partial charge is 0.246 e. The Hall–Kier alpha value is -4.89. The first-order chi connectivity index (χ1) is 24.8. The maximum atomic E-state index is 13.1. The molecule has 0 spiro atoms. The summed E-state index contributed by atoms with van der Waals surface area (Å²) in [6.07, 6.45) is 5.74. The van der Waals surface area contributed by atoms with Crippen LogP contribution >= 0.6 is 23.2 Å². The number of carbonyl (C=O) groups excluding carboxylic acids is 1. The topological polar surface area (TPSA) is 64.1 Å². The first kappa shape index (κ1) is 35.9. The van der Waals surface area contributed by atoms with Gasteiger partial charge in [-0.15, -0.1) is 0 Å². The minimum absolute atomic E-state index is 0.0306. The Morgan fingerprint density at radius 1 is 0.843 bits per heavy atom. The van der Waals surface area contributed by atoms with E-state index >= 15 is 0 Å². The van der Waals surface area contributed by atoms with Crippen molar-refractivity contribution in [2.24, 2.45) is 0 Å². The number of piperazine rings is 1. The van der Waals surface area contributed by atoms with Crippen LogP contribution in [0.1, 0.15) is 27.8 Å². The van der Waals surface area contributed by atoms with Crippen molar-refractivity contribution in [3.05, 3.63) is 153 Å². The van der Waals surface area contributed by atoms with Gasteiger partial charge in [0.1, 0.15) is 23.9 Å². The first-order valence-electron chi connectivity index (χ1n) is 16.7. The number of amides is 1. The molecule has 4 aromatic carbocycles. The molecular weight excluding hydrogens is 688 g/mol. The van der Waals surface area contributed by atoms with Gasteiger partial charge in [0.25, 0.3) is 0 Å². The highest BCUT2D eigenvalue weighted by Gasteiger charge is 2.20. The number of aryl methyl sites for hydroxylation is 1. The molecule has 1 fully saturated rings. The number of hydrogen-bond acceptors (Lipinski definition) is 6. The predicted molar refractivity (Wildman–Crippen MR) is 199 cm³/mol. The maximum absolute atomic E-state index is 13.1. The van der Waals surface area contributed by atoms with Crippen LogP contribution in [0.25, 0.3) is 6.08 Å². The number of ether oxygens (including phenoxy) is 3. The Labute approximate surface area is 307 Å². The average Bonchev–Trinajstić information content (AvgIpc) is 3.14. The van der Waals surface area contributed by atoms with Crippen molar-refractivity contribution in [2.75, 3.05) is 32.8 Å². The zero-order chi connectivity index (χ0) is 35.6. The number of pyridine rings is 1. The van der Waals surface area contributed by atoms with Gasteiger partial charge < -0.3 is 19.1 Å². The van der Waals surface area contributed by atoms with Crippen LogP contribution in [0, 0.1) is 12.7 Å². The molecule has 6 rings (SSSR count). The molecular formula is C41H38Cl2FN3O4. The Morgan fingerprint density at radius 2 is 1.57 bits per heavy atom. The van der Waals surface area contributed by atoms with E-state index in [-0.39, 0.29) is 11.7 Å². The highest BCUT2D eigenvalue weighted by atomic mass is 35.5. The van der Waals surface area contributed by atoms with E-state index in [9.17, 15) is 9.18 Å². The van der Waals surface area contributed by atoms with E-state index in [2.05, 4.69) is 34.1 Å². The number of rotatable bonds is 13. The molecule has 0 bridgehead atoms. The van der Waals surface area contributed by atoms with Gasteiger partial charge in [-0.25, -0.2) is 9.37 Å². The van der Waals surface area contributed by atoms with Crippen molar-refractivity contribution < 1.29 is 23.4 Å². The van der Waals surface area contributed by atoms with Crippen LogP contribution in [0.5, 0.6) is 23.1 Å². The monoisotopic (exact) mass is 725 g/mol. The largest absolute Gasteiger partial charge is 0.493 e. The van der Waals surface area contributed by atoms with E-state index in [1.165, 1.54) is 23.3 Å². The molecule has 51 heavy (non-hydrogen) atoms. The van der Waals surface area contributed by atoms with Crippen LogP contribution in [0.15, 0.2) is 109 Å². The Bertz CT molecular complexity index is 1920. The quantitative estimate of drug-likeness (QED) is 0.113. The molecule has 2 heterocycles. The average molecular weight is 727 g/mol. The molecule has 0 saturated carbocycles. The third-order valence-corrected chi connectivity index (χ3v) is 9.17. The number of hydrogen-bond donors (Lipinski definition) is 0. The van der Waals surface area contributed by atoms with Gasteiger partial charge in [0.05, 0.1) is 17.8 Å².